The van der Waals surface area contributed by atoms with Crippen LogP contribution in [0.3, 0.4) is 0 Å². The fourth-order valence-electron chi connectivity index (χ4n) is 4.82. The van der Waals surface area contributed by atoms with E-state index in [1.54, 1.807) is 12.3 Å². The quantitative estimate of drug-likeness (QED) is 0.330. The number of hydrogen-bond acceptors (Lipinski definition) is 6. The molecule has 8 nitrogen and oxygen atoms in total. The number of hydrogen-bond donors (Lipinski definition) is 1. The molecule has 198 valence electrons. The number of nitrogens with zero attached hydrogens (tertiary/aromatic N) is 6. The zero-order valence-corrected chi connectivity index (χ0v) is 24.4. The van der Waals surface area contributed by atoms with Crippen LogP contribution in [0.1, 0.15) is 37.9 Å². The van der Waals surface area contributed by atoms with E-state index in [-0.39, 0.29) is 44.2 Å². The molecule has 1 N–H and O–H groups in total. The number of phenols is 1. The Balaban J connectivity index is 0.00000336. The average Bonchev–Trinajstić information content (AvgIpc) is 2.85. The van der Waals surface area contributed by atoms with Crippen molar-refractivity contribution in [2.24, 2.45) is 0 Å². The Morgan fingerprint density at radius 3 is 2.61 bits per heavy atom. The number of benzene rings is 1. The van der Waals surface area contributed by atoms with E-state index in [2.05, 4.69) is 20.3 Å². The van der Waals surface area contributed by atoms with Gasteiger partial charge in [0.1, 0.15) is 23.1 Å². The van der Waals surface area contributed by atoms with Gasteiger partial charge in [0.05, 0.1) is 22.3 Å². The molecule has 0 saturated carbocycles. The smallest absolute Gasteiger partial charge is 0.355 e. The molecule has 1 aliphatic heterocycles. The van der Waals surface area contributed by atoms with Gasteiger partial charge in [-0.3, -0.25) is 4.98 Å². The second-order valence-electron chi connectivity index (χ2n) is 9.57. The van der Waals surface area contributed by atoms with E-state index < -0.39 is 28.8 Å². The molecule has 11 heteroatoms. The number of piperazine rings is 1. The van der Waals surface area contributed by atoms with Crippen molar-refractivity contribution in [1.82, 2.24) is 19.5 Å². The van der Waals surface area contributed by atoms with Crippen molar-refractivity contribution in [1.29, 1.82) is 0 Å². The van der Waals surface area contributed by atoms with Gasteiger partial charge in [0.15, 0.2) is 11.5 Å². The molecule has 1 saturated heterocycles. The van der Waals surface area contributed by atoms with E-state index in [4.69, 9.17) is 0 Å². The van der Waals surface area contributed by atoms with Crippen LogP contribution in [0.25, 0.3) is 33.3 Å². The normalized spacial score (nSPS) is 15.7. The molecule has 0 amide bonds. The maximum Gasteiger partial charge on any atom is 0.355 e. The van der Waals surface area contributed by atoms with Gasteiger partial charge in [0, 0.05) is 39.8 Å². The summed E-state index contributed by atoms with van der Waals surface area (Å²) in [6.45, 7) is 9.31. The molecular weight excluding hydrogens is 662 g/mol. The topological polar surface area (TPSA) is 98.2 Å². The Morgan fingerprint density at radius 2 is 1.92 bits per heavy atom. The Labute approximate surface area is 233 Å². The van der Waals surface area contributed by atoms with Gasteiger partial charge in [0.25, 0.3) is 0 Å². The van der Waals surface area contributed by atoms with E-state index in [0.29, 0.717) is 42.2 Å². The minimum Gasteiger partial charge on any atom is -0.659 e. The minimum atomic E-state index is -0.845. The molecule has 0 radical (unpaired) electrons. The molecule has 5 rings (SSSR count). The summed E-state index contributed by atoms with van der Waals surface area (Å²) in [7, 11) is 0. The van der Waals surface area contributed by atoms with E-state index >= 15 is 4.39 Å². The number of anilines is 1. The number of halogens is 2. The van der Waals surface area contributed by atoms with Crippen LogP contribution in [-0.4, -0.2) is 50.3 Å². The second kappa shape index (κ2) is 10.9. The fraction of sp³-hybridized carbons (Fsp3) is 0.333. The van der Waals surface area contributed by atoms with Crippen LogP contribution in [0.15, 0.2) is 41.3 Å². The first-order valence-corrected chi connectivity index (χ1v) is 12.2. The van der Waals surface area contributed by atoms with Gasteiger partial charge >= 0.3 is 5.69 Å². The van der Waals surface area contributed by atoms with Gasteiger partial charge in [0.2, 0.25) is 0 Å². The number of fused-ring (bicyclic) bond motifs is 1. The van der Waals surface area contributed by atoms with Crippen LogP contribution in [-0.2, 0) is 21.1 Å². The molecular formula is C27H27F2N6O2W-. The van der Waals surface area contributed by atoms with E-state index in [0.717, 1.165) is 11.6 Å². The van der Waals surface area contributed by atoms with Crippen LogP contribution in [0.4, 0.5) is 14.6 Å². The first kappa shape index (κ1) is 27.8. The van der Waals surface area contributed by atoms with Gasteiger partial charge in [-0.2, -0.15) is 4.98 Å². The Morgan fingerprint density at radius 1 is 1.16 bits per heavy atom. The summed E-state index contributed by atoms with van der Waals surface area (Å²) < 4.78 is 31.7. The van der Waals surface area contributed by atoms with E-state index in [9.17, 15) is 14.3 Å². The van der Waals surface area contributed by atoms with Gasteiger partial charge in [-0.25, -0.2) is 23.1 Å². The van der Waals surface area contributed by atoms with E-state index in [1.165, 1.54) is 22.8 Å². The summed E-state index contributed by atoms with van der Waals surface area (Å²) in [5.74, 6) is -1.89. The monoisotopic (exact) mass is 689 g/mol. The summed E-state index contributed by atoms with van der Waals surface area (Å²) in [5, 5.41) is 15.1. The molecule has 0 unspecified atom stereocenters. The second-order valence-corrected chi connectivity index (χ2v) is 9.57. The fourth-order valence-corrected chi connectivity index (χ4v) is 4.82. The summed E-state index contributed by atoms with van der Waals surface area (Å²) >= 11 is 0. The summed E-state index contributed by atoms with van der Waals surface area (Å²) in [6.07, 6.45) is 1.66. The molecule has 0 aliphatic carbocycles. The van der Waals surface area contributed by atoms with Crippen LogP contribution in [0.5, 0.6) is 5.75 Å². The predicted octanol–water partition coefficient (Wildman–Crippen LogP) is 4.84. The van der Waals surface area contributed by atoms with Gasteiger partial charge in [-0.1, -0.05) is 19.9 Å². The third-order valence-electron chi connectivity index (χ3n) is 6.65. The Hall–Kier alpha value is -3.23. The molecule has 3 aromatic heterocycles. The molecule has 1 aliphatic rings. The van der Waals surface area contributed by atoms with E-state index in [1.807, 2.05) is 32.6 Å². The third kappa shape index (κ3) is 4.71. The average molecular weight is 689 g/mol. The number of aromatic hydroxyl groups is 1. The van der Waals surface area contributed by atoms with Crippen LogP contribution >= 0.6 is 0 Å². The van der Waals surface area contributed by atoms with Crippen molar-refractivity contribution in [2.45, 2.75) is 39.7 Å². The van der Waals surface area contributed by atoms with Gasteiger partial charge in [-0.05, 0) is 49.6 Å². The van der Waals surface area contributed by atoms with Crippen molar-refractivity contribution in [3.63, 3.8) is 0 Å². The Bertz CT molecular complexity index is 1560. The minimum absolute atomic E-state index is 0. The summed E-state index contributed by atoms with van der Waals surface area (Å²) in [6, 6.07) is 6.62. The van der Waals surface area contributed by atoms with Gasteiger partial charge < -0.3 is 15.3 Å². The van der Waals surface area contributed by atoms with Crippen LogP contribution in [0, 0.1) is 18.6 Å². The first-order chi connectivity index (χ1) is 17.7. The SMILES string of the molecule is Cc1ccnc(C(C)C)c1-n1c(=O)nc(N2CC[N-]C[C@@H]2C)c2cc(F)c(-c3c(O)cccc3F)nc21.[W]. The molecule has 38 heavy (non-hydrogen) atoms. The summed E-state index contributed by atoms with van der Waals surface area (Å²) in [5.41, 5.74) is 0.600. The number of aromatic nitrogens is 4. The zero-order chi connectivity index (χ0) is 26.4. The molecule has 4 heterocycles. The molecule has 0 spiro atoms. The summed E-state index contributed by atoms with van der Waals surface area (Å²) in [4.78, 5) is 29.0. The Kier molecular flexibility index (Phi) is 7.95. The van der Waals surface area contributed by atoms with Crippen molar-refractivity contribution < 1.29 is 35.0 Å². The zero-order valence-electron chi connectivity index (χ0n) is 21.4. The molecule has 4 aromatic rings. The van der Waals surface area contributed by atoms with Crippen LogP contribution < -0.4 is 10.6 Å². The molecule has 1 aromatic carbocycles. The number of pyridine rings is 2. The number of phenolic OH excluding ortho intramolecular Hbond substituents is 1. The predicted molar refractivity (Wildman–Crippen MR) is 139 cm³/mol. The number of rotatable bonds is 4. The van der Waals surface area contributed by atoms with Gasteiger partial charge in [-0.15, -0.1) is 13.1 Å². The van der Waals surface area contributed by atoms with Crippen molar-refractivity contribution in [2.75, 3.05) is 24.5 Å². The third-order valence-corrected chi connectivity index (χ3v) is 6.65. The largest absolute Gasteiger partial charge is 0.659 e. The molecule has 1 fully saturated rings. The maximum atomic E-state index is 15.6. The van der Waals surface area contributed by atoms with Crippen molar-refractivity contribution in [3.8, 4) is 22.7 Å². The molecule has 1 atom stereocenters. The van der Waals surface area contributed by atoms with Crippen LogP contribution in [0.2, 0.25) is 0 Å². The number of aryl methyl sites for hydroxylation is 1. The standard InChI is InChI=1S/C27H27F2N6O2.W/c1-14(2)22-24(15(3)8-9-31-22)35-26-17(25(33-27(35)37)34-11-10-30-13-16(34)4)12-19(29)23(32-26)21-18(28)6-5-7-20(21)36;/h5-9,12,14,16,36H,10-11,13H2,1-4H3;/q-1;/t16-;/m0./s1. The first-order valence-electron chi connectivity index (χ1n) is 12.2. The molecule has 0 bridgehead atoms. The van der Waals surface area contributed by atoms with Crippen molar-refractivity contribution in [3.05, 3.63) is 75.2 Å². The van der Waals surface area contributed by atoms with Crippen molar-refractivity contribution >= 4 is 16.9 Å². The maximum absolute atomic E-state index is 15.6.